The Hall–Kier alpha value is -2.29. The van der Waals surface area contributed by atoms with Gasteiger partial charge in [-0.25, -0.2) is 4.98 Å². The lowest BCUT2D eigenvalue weighted by atomic mass is 9.87. The van der Waals surface area contributed by atoms with E-state index >= 15 is 0 Å². The quantitative estimate of drug-likeness (QED) is 0.701. The van der Waals surface area contributed by atoms with Crippen molar-refractivity contribution in [2.45, 2.75) is 32.6 Å². The number of fused-ring (bicyclic) bond motifs is 1. The van der Waals surface area contributed by atoms with Crippen LogP contribution in [0.1, 0.15) is 37.8 Å². The van der Waals surface area contributed by atoms with Gasteiger partial charge in [0.15, 0.2) is 11.5 Å². The molecule has 0 fully saturated rings. The predicted octanol–water partition coefficient (Wildman–Crippen LogP) is 4.72. The zero-order valence-electron chi connectivity index (χ0n) is 13.5. The maximum Gasteiger partial charge on any atom is 0.199 e. The van der Waals surface area contributed by atoms with Crippen LogP contribution in [-0.4, -0.2) is 12.1 Å². The van der Waals surface area contributed by atoms with Crippen LogP contribution < -0.4 is 4.74 Å². The van der Waals surface area contributed by atoms with Crippen molar-refractivity contribution < 1.29 is 9.15 Å². The highest BCUT2D eigenvalue weighted by molar-refractivity contribution is 5.73. The molecule has 114 valence electrons. The first-order valence-electron chi connectivity index (χ1n) is 7.48. The summed E-state index contributed by atoms with van der Waals surface area (Å²) in [4.78, 5) is 4.63. The summed E-state index contributed by atoms with van der Waals surface area (Å²) < 4.78 is 11.1. The number of benzene rings is 2. The molecule has 0 spiro atoms. The van der Waals surface area contributed by atoms with Crippen molar-refractivity contribution in [1.29, 1.82) is 0 Å². The average molecular weight is 295 g/mol. The summed E-state index contributed by atoms with van der Waals surface area (Å²) >= 11 is 0. The van der Waals surface area contributed by atoms with E-state index in [9.17, 15) is 0 Å². The van der Waals surface area contributed by atoms with Crippen LogP contribution in [0.5, 0.6) is 5.75 Å². The van der Waals surface area contributed by atoms with Crippen LogP contribution in [-0.2, 0) is 11.8 Å². The van der Waals surface area contributed by atoms with Gasteiger partial charge in [-0.2, -0.15) is 0 Å². The van der Waals surface area contributed by atoms with Gasteiger partial charge in [0.25, 0.3) is 0 Å². The summed E-state index contributed by atoms with van der Waals surface area (Å²) in [5, 5.41) is 0. The molecule has 0 saturated carbocycles. The molecule has 3 aromatic rings. The summed E-state index contributed by atoms with van der Waals surface area (Å²) in [5.41, 5.74) is 4.26. The number of nitrogens with zero attached hydrogens (tertiary/aromatic N) is 1. The van der Waals surface area contributed by atoms with Gasteiger partial charge in [-0.1, -0.05) is 39.0 Å². The predicted molar refractivity (Wildman–Crippen MR) is 88.5 cm³/mol. The number of rotatable bonds is 3. The van der Waals surface area contributed by atoms with Crippen LogP contribution >= 0.6 is 0 Å². The van der Waals surface area contributed by atoms with Gasteiger partial charge in [-0.15, -0.1) is 0 Å². The topological polar surface area (TPSA) is 35.3 Å². The van der Waals surface area contributed by atoms with Crippen LogP contribution in [0.2, 0.25) is 0 Å². The Morgan fingerprint density at radius 3 is 2.64 bits per heavy atom. The molecule has 1 aromatic heterocycles. The first-order valence-corrected chi connectivity index (χ1v) is 7.48. The lowest BCUT2D eigenvalue weighted by Crippen LogP contribution is -2.10. The van der Waals surface area contributed by atoms with E-state index in [0.29, 0.717) is 6.42 Å². The Labute approximate surface area is 130 Å². The van der Waals surface area contributed by atoms with E-state index in [1.54, 1.807) is 7.11 Å². The number of oxazole rings is 1. The largest absolute Gasteiger partial charge is 0.497 e. The number of hydrogen-bond donors (Lipinski definition) is 0. The summed E-state index contributed by atoms with van der Waals surface area (Å²) in [5.74, 6) is 1.58. The molecule has 0 amide bonds. The molecule has 0 radical (unpaired) electrons. The zero-order valence-corrected chi connectivity index (χ0v) is 13.5. The first kappa shape index (κ1) is 14.6. The standard InChI is InChI=1S/C19H21NO2/c1-19(2,3)14-8-9-17-16(12-14)20-18(22-17)11-13-6-5-7-15(10-13)21-4/h5-10,12H,11H2,1-4H3. The molecule has 1 heterocycles. The maximum atomic E-state index is 5.86. The molecule has 0 saturated heterocycles. The fraction of sp³-hybridized carbons (Fsp3) is 0.316. The molecule has 3 nitrogen and oxygen atoms in total. The van der Waals surface area contributed by atoms with Crippen molar-refractivity contribution in [3.8, 4) is 5.75 Å². The molecule has 0 atom stereocenters. The van der Waals surface area contributed by atoms with Crippen molar-refractivity contribution in [3.63, 3.8) is 0 Å². The molecule has 3 heteroatoms. The van der Waals surface area contributed by atoms with E-state index in [1.165, 1.54) is 5.56 Å². The molecule has 0 aliphatic carbocycles. The van der Waals surface area contributed by atoms with Crippen LogP contribution in [0.25, 0.3) is 11.1 Å². The summed E-state index contributed by atoms with van der Waals surface area (Å²) in [6.45, 7) is 6.60. The van der Waals surface area contributed by atoms with Gasteiger partial charge in [0.1, 0.15) is 11.3 Å². The number of hydrogen-bond acceptors (Lipinski definition) is 3. The Kier molecular flexibility index (Phi) is 3.65. The van der Waals surface area contributed by atoms with Crippen LogP contribution in [0.15, 0.2) is 46.9 Å². The molecule has 0 unspecified atom stereocenters. The number of ether oxygens (including phenoxy) is 1. The van der Waals surface area contributed by atoms with E-state index in [1.807, 2.05) is 24.3 Å². The second-order valence-corrected chi connectivity index (χ2v) is 6.57. The molecule has 2 aromatic carbocycles. The molecule has 22 heavy (non-hydrogen) atoms. The highest BCUT2D eigenvalue weighted by Gasteiger charge is 2.16. The van der Waals surface area contributed by atoms with Gasteiger partial charge in [-0.3, -0.25) is 0 Å². The van der Waals surface area contributed by atoms with E-state index < -0.39 is 0 Å². The second-order valence-electron chi connectivity index (χ2n) is 6.57. The van der Waals surface area contributed by atoms with E-state index in [-0.39, 0.29) is 5.41 Å². The maximum absolute atomic E-state index is 5.86. The van der Waals surface area contributed by atoms with Crippen LogP contribution in [0.3, 0.4) is 0 Å². The third kappa shape index (κ3) is 2.98. The fourth-order valence-electron chi connectivity index (χ4n) is 2.47. The minimum Gasteiger partial charge on any atom is -0.497 e. The average Bonchev–Trinajstić information content (AvgIpc) is 2.87. The summed E-state index contributed by atoms with van der Waals surface area (Å²) in [6.07, 6.45) is 0.663. The Morgan fingerprint density at radius 1 is 1.09 bits per heavy atom. The molecule has 0 N–H and O–H groups in total. The normalized spacial score (nSPS) is 11.8. The molecule has 0 aliphatic heterocycles. The van der Waals surface area contributed by atoms with Crippen molar-refractivity contribution in [1.82, 2.24) is 4.98 Å². The molecule has 0 bridgehead atoms. The highest BCUT2D eigenvalue weighted by atomic mass is 16.5. The Bertz CT molecular complexity index is 797. The van der Waals surface area contributed by atoms with Crippen molar-refractivity contribution >= 4 is 11.1 Å². The lowest BCUT2D eigenvalue weighted by molar-refractivity contribution is 0.414. The molecule has 3 rings (SSSR count). The van der Waals surface area contributed by atoms with Crippen molar-refractivity contribution in [2.75, 3.05) is 7.11 Å². The van der Waals surface area contributed by atoms with Gasteiger partial charge < -0.3 is 9.15 Å². The molecular weight excluding hydrogens is 274 g/mol. The number of aromatic nitrogens is 1. The fourth-order valence-corrected chi connectivity index (χ4v) is 2.47. The SMILES string of the molecule is COc1cccc(Cc2nc3cc(C(C)(C)C)ccc3o2)c1. The third-order valence-corrected chi connectivity index (χ3v) is 3.79. The van der Waals surface area contributed by atoms with E-state index in [0.717, 1.165) is 28.3 Å². The minimum atomic E-state index is 0.111. The first-order chi connectivity index (χ1) is 10.5. The second kappa shape index (κ2) is 5.48. The Morgan fingerprint density at radius 2 is 1.91 bits per heavy atom. The van der Waals surface area contributed by atoms with Crippen LogP contribution in [0, 0.1) is 0 Å². The minimum absolute atomic E-state index is 0.111. The van der Waals surface area contributed by atoms with Crippen molar-refractivity contribution in [3.05, 3.63) is 59.5 Å². The number of methoxy groups -OCH3 is 1. The zero-order chi connectivity index (χ0) is 15.7. The van der Waals surface area contributed by atoms with Gasteiger partial charge in [0.05, 0.1) is 7.11 Å². The van der Waals surface area contributed by atoms with Gasteiger partial charge in [0.2, 0.25) is 0 Å². The molecule has 0 aliphatic rings. The van der Waals surface area contributed by atoms with E-state index in [2.05, 4.69) is 44.0 Å². The van der Waals surface area contributed by atoms with Gasteiger partial charge in [0, 0.05) is 6.42 Å². The van der Waals surface area contributed by atoms with Gasteiger partial charge >= 0.3 is 0 Å². The van der Waals surface area contributed by atoms with E-state index in [4.69, 9.17) is 9.15 Å². The van der Waals surface area contributed by atoms with Crippen molar-refractivity contribution in [2.24, 2.45) is 0 Å². The molecular formula is C19H21NO2. The summed E-state index contributed by atoms with van der Waals surface area (Å²) in [7, 11) is 1.67. The Balaban J connectivity index is 1.91. The monoisotopic (exact) mass is 295 g/mol. The van der Waals surface area contributed by atoms with Gasteiger partial charge in [-0.05, 0) is 40.8 Å². The summed E-state index contributed by atoms with van der Waals surface area (Å²) in [6, 6.07) is 14.2. The lowest BCUT2D eigenvalue weighted by Gasteiger charge is -2.18. The smallest absolute Gasteiger partial charge is 0.199 e. The highest BCUT2D eigenvalue weighted by Crippen LogP contribution is 2.27. The van der Waals surface area contributed by atoms with Crippen LogP contribution in [0.4, 0.5) is 0 Å². The third-order valence-electron chi connectivity index (χ3n) is 3.79.